The SMILES string of the molecule is CC(c1ccc(O)cc1)N1CCNCC1. The first kappa shape index (κ1) is 10.5. The van der Waals surface area contributed by atoms with Gasteiger partial charge >= 0.3 is 0 Å². The van der Waals surface area contributed by atoms with Gasteiger partial charge in [-0.2, -0.15) is 0 Å². The van der Waals surface area contributed by atoms with Crippen molar-refractivity contribution in [2.45, 2.75) is 13.0 Å². The van der Waals surface area contributed by atoms with Crippen molar-refractivity contribution in [1.82, 2.24) is 10.2 Å². The third-order valence-electron chi connectivity index (χ3n) is 3.07. The Kier molecular flexibility index (Phi) is 3.23. The van der Waals surface area contributed by atoms with E-state index in [1.807, 2.05) is 12.1 Å². The van der Waals surface area contributed by atoms with Crippen molar-refractivity contribution in [2.24, 2.45) is 0 Å². The molecule has 15 heavy (non-hydrogen) atoms. The molecule has 1 saturated heterocycles. The highest BCUT2D eigenvalue weighted by molar-refractivity contribution is 5.27. The van der Waals surface area contributed by atoms with Gasteiger partial charge in [-0.15, -0.1) is 0 Å². The van der Waals surface area contributed by atoms with Crippen molar-refractivity contribution in [3.8, 4) is 5.75 Å². The maximum atomic E-state index is 9.23. The van der Waals surface area contributed by atoms with Gasteiger partial charge in [0.2, 0.25) is 0 Å². The summed E-state index contributed by atoms with van der Waals surface area (Å²) in [6, 6.07) is 7.96. The summed E-state index contributed by atoms with van der Waals surface area (Å²) >= 11 is 0. The number of benzene rings is 1. The average molecular weight is 206 g/mol. The lowest BCUT2D eigenvalue weighted by atomic mass is 10.1. The van der Waals surface area contributed by atoms with Gasteiger partial charge in [-0.3, -0.25) is 4.90 Å². The van der Waals surface area contributed by atoms with Gasteiger partial charge in [-0.1, -0.05) is 12.1 Å². The second kappa shape index (κ2) is 4.64. The molecule has 1 aliphatic heterocycles. The quantitative estimate of drug-likeness (QED) is 0.767. The minimum absolute atomic E-state index is 0.339. The fraction of sp³-hybridized carbons (Fsp3) is 0.500. The smallest absolute Gasteiger partial charge is 0.115 e. The van der Waals surface area contributed by atoms with Crippen molar-refractivity contribution in [3.63, 3.8) is 0 Å². The molecule has 2 N–H and O–H groups in total. The average Bonchev–Trinajstić information content (AvgIpc) is 2.30. The zero-order chi connectivity index (χ0) is 10.7. The van der Waals surface area contributed by atoms with Gasteiger partial charge in [0.15, 0.2) is 0 Å². The lowest BCUT2D eigenvalue weighted by Crippen LogP contribution is -2.44. The highest BCUT2D eigenvalue weighted by Crippen LogP contribution is 2.22. The minimum atomic E-state index is 0.339. The Morgan fingerprint density at radius 3 is 2.40 bits per heavy atom. The van der Waals surface area contributed by atoms with Crippen LogP contribution in [0.2, 0.25) is 0 Å². The van der Waals surface area contributed by atoms with Crippen molar-refractivity contribution >= 4 is 0 Å². The standard InChI is InChI=1S/C12H18N2O/c1-10(14-8-6-13-7-9-14)11-2-4-12(15)5-3-11/h2-5,10,13,15H,6-9H2,1H3. The van der Waals surface area contributed by atoms with Crippen LogP contribution in [-0.4, -0.2) is 36.2 Å². The van der Waals surface area contributed by atoms with Crippen LogP contribution in [-0.2, 0) is 0 Å². The van der Waals surface area contributed by atoms with Crippen molar-refractivity contribution in [3.05, 3.63) is 29.8 Å². The summed E-state index contributed by atoms with van der Waals surface area (Å²) in [4.78, 5) is 2.46. The molecule has 0 spiro atoms. The number of hydrogen-bond donors (Lipinski definition) is 2. The Balaban J connectivity index is 2.05. The van der Waals surface area contributed by atoms with Gasteiger partial charge < -0.3 is 10.4 Å². The van der Waals surface area contributed by atoms with E-state index >= 15 is 0 Å². The van der Waals surface area contributed by atoms with E-state index in [1.165, 1.54) is 5.56 Å². The van der Waals surface area contributed by atoms with E-state index < -0.39 is 0 Å². The zero-order valence-electron chi connectivity index (χ0n) is 9.11. The monoisotopic (exact) mass is 206 g/mol. The Morgan fingerprint density at radius 2 is 1.80 bits per heavy atom. The molecule has 3 nitrogen and oxygen atoms in total. The largest absolute Gasteiger partial charge is 0.508 e. The summed E-state index contributed by atoms with van der Waals surface area (Å²) < 4.78 is 0. The van der Waals surface area contributed by atoms with Gasteiger partial charge in [0.05, 0.1) is 0 Å². The molecule has 0 radical (unpaired) electrons. The Bertz CT molecular complexity index is 304. The molecule has 1 unspecified atom stereocenters. The van der Waals surface area contributed by atoms with Crippen LogP contribution in [0.15, 0.2) is 24.3 Å². The molecule has 2 rings (SSSR count). The van der Waals surface area contributed by atoms with E-state index in [9.17, 15) is 5.11 Å². The van der Waals surface area contributed by atoms with E-state index in [2.05, 4.69) is 17.1 Å². The molecule has 1 aromatic carbocycles. The van der Waals surface area contributed by atoms with Crippen LogP contribution in [0.25, 0.3) is 0 Å². The van der Waals surface area contributed by atoms with E-state index in [4.69, 9.17) is 0 Å². The van der Waals surface area contributed by atoms with Crippen LogP contribution >= 0.6 is 0 Å². The van der Waals surface area contributed by atoms with E-state index in [-0.39, 0.29) is 0 Å². The number of rotatable bonds is 2. The first-order valence-electron chi connectivity index (χ1n) is 5.51. The maximum Gasteiger partial charge on any atom is 0.115 e. The van der Waals surface area contributed by atoms with Gasteiger partial charge in [-0.05, 0) is 24.6 Å². The maximum absolute atomic E-state index is 9.23. The minimum Gasteiger partial charge on any atom is -0.508 e. The fourth-order valence-electron chi connectivity index (χ4n) is 2.03. The number of aromatic hydroxyl groups is 1. The van der Waals surface area contributed by atoms with Crippen molar-refractivity contribution in [2.75, 3.05) is 26.2 Å². The lowest BCUT2D eigenvalue weighted by molar-refractivity contribution is 0.185. The second-order valence-corrected chi connectivity index (χ2v) is 4.05. The third kappa shape index (κ3) is 2.49. The number of nitrogens with zero attached hydrogens (tertiary/aromatic N) is 1. The van der Waals surface area contributed by atoms with Gasteiger partial charge in [0.25, 0.3) is 0 Å². The molecular formula is C12H18N2O. The summed E-state index contributed by atoms with van der Waals surface area (Å²) in [5, 5.41) is 12.6. The Morgan fingerprint density at radius 1 is 1.20 bits per heavy atom. The summed E-state index contributed by atoms with van der Waals surface area (Å²) in [6.07, 6.45) is 0. The van der Waals surface area contributed by atoms with Gasteiger partial charge in [0, 0.05) is 32.2 Å². The normalized spacial score (nSPS) is 20.1. The van der Waals surface area contributed by atoms with Crippen molar-refractivity contribution < 1.29 is 5.11 Å². The summed E-state index contributed by atoms with van der Waals surface area (Å²) in [6.45, 7) is 6.56. The van der Waals surface area contributed by atoms with E-state index in [1.54, 1.807) is 12.1 Å². The zero-order valence-corrected chi connectivity index (χ0v) is 9.11. The summed E-state index contributed by atoms with van der Waals surface area (Å²) in [7, 11) is 0. The molecule has 1 fully saturated rings. The summed E-state index contributed by atoms with van der Waals surface area (Å²) in [5.41, 5.74) is 1.27. The number of nitrogens with one attached hydrogen (secondary N) is 1. The number of hydrogen-bond acceptors (Lipinski definition) is 3. The number of phenolic OH excluding ortho intramolecular Hbond substituents is 1. The van der Waals surface area contributed by atoms with Crippen LogP contribution in [0, 0.1) is 0 Å². The molecule has 1 aliphatic rings. The number of piperazine rings is 1. The molecule has 1 atom stereocenters. The predicted molar refractivity (Wildman–Crippen MR) is 61.0 cm³/mol. The molecule has 1 heterocycles. The van der Waals surface area contributed by atoms with Crippen molar-refractivity contribution in [1.29, 1.82) is 0 Å². The predicted octanol–water partition coefficient (Wildman–Crippen LogP) is 1.36. The Hall–Kier alpha value is -1.06. The second-order valence-electron chi connectivity index (χ2n) is 4.05. The molecule has 1 aromatic rings. The highest BCUT2D eigenvalue weighted by Gasteiger charge is 2.17. The van der Waals surface area contributed by atoms with Crippen LogP contribution in [0.5, 0.6) is 5.75 Å². The molecule has 0 bridgehead atoms. The molecular weight excluding hydrogens is 188 g/mol. The van der Waals surface area contributed by atoms with Crippen LogP contribution < -0.4 is 5.32 Å². The third-order valence-corrected chi connectivity index (χ3v) is 3.07. The Labute approximate surface area is 90.7 Å². The van der Waals surface area contributed by atoms with Crippen LogP contribution in [0.3, 0.4) is 0 Å². The topological polar surface area (TPSA) is 35.5 Å². The lowest BCUT2D eigenvalue weighted by Gasteiger charge is -2.33. The number of phenols is 1. The van der Waals surface area contributed by atoms with E-state index in [0.717, 1.165) is 26.2 Å². The molecule has 0 amide bonds. The fourth-order valence-corrected chi connectivity index (χ4v) is 2.03. The molecule has 0 saturated carbocycles. The van der Waals surface area contributed by atoms with E-state index in [0.29, 0.717) is 11.8 Å². The molecule has 82 valence electrons. The molecule has 0 aliphatic carbocycles. The van der Waals surface area contributed by atoms with Gasteiger partial charge in [0.1, 0.15) is 5.75 Å². The first-order valence-corrected chi connectivity index (χ1v) is 5.51. The molecule has 3 heteroatoms. The van der Waals surface area contributed by atoms with Crippen LogP contribution in [0.4, 0.5) is 0 Å². The summed E-state index contributed by atoms with van der Waals surface area (Å²) in [5.74, 6) is 0.339. The molecule has 0 aromatic heterocycles. The van der Waals surface area contributed by atoms with Crippen LogP contribution in [0.1, 0.15) is 18.5 Å². The first-order chi connectivity index (χ1) is 7.27. The highest BCUT2D eigenvalue weighted by atomic mass is 16.3. The van der Waals surface area contributed by atoms with Gasteiger partial charge in [-0.25, -0.2) is 0 Å².